The molecule has 0 aromatic heterocycles. The molecule has 174 valence electrons. The van der Waals surface area contributed by atoms with Crippen LogP contribution < -0.4 is 4.74 Å². The molecule has 0 bridgehead atoms. The maximum absolute atomic E-state index is 13.0. The second kappa shape index (κ2) is 10.7. The fraction of sp³-hybridized carbons (Fsp3) is 0.333. The second-order valence-electron chi connectivity index (χ2n) is 7.56. The van der Waals surface area contributed by atoms with Crippen LogP contribution in [0.25, 0.3) is 5.76 Å². The molecule has 0 saturated carbocycles. The van der Waals surface area contributed by atoms with Crippen molar-refractivity contribution in [3.8, 4) is 5.75 Å². The number of nitrogens with zero attached hydrogens (tertiary/aromatic N) is 2. The van der Waals surface area contributed by atoms with E-state index < -0.39 is 22.7 Å². The van der Waals surface area contributed by atoms with Crippen LogP contribution in [0.15, 0.2) is 54.1 Å². The van der Waals surface area contributed by atoms with Gasteiger partial charge in [-0.05, 0) is 42.7 Å². The van der Waals surface area contributed by atoms with Crippen molar-refractivity contribution in [3.05, 3.63) is 75.3 Å². The Labute approximate surface area is 191 Å². The number of Topliss-reactive ketones (excluding diaryl/α,β-unsaturated/α-hetero) is 1. The number of likely N-dealkylation sites (tertiary alicyclic amines) is 1. The number of non-ortho nitro benzene ring substituents is 1. The zero-order valence-corrected chi connectivity index (χ0v) is 18.5. The van der Waals surface area contributed by atoms with Gasteiger partial charge in [-0.15, -0.1) is 0 Å². The summed E-state index contributed by atoms with van der Waals surface area (Å²) in [6.07, 6.45) is 1.37. The van der Waals surface area contributed by atoms with E-state index in [9.17, 15) is 24.8 Å². The maximum atomic E-state index is 13.0. The summed E-state index contributed by atoms with van der Waals surface area (Å²) in [7, 11) is 1.55. The van der Waals surface area contributed by atoms with Gasteiger partial charge in [0.05, 0.1) is 23.1 Å². The standard InChI is InChI=1S/C24H26N2O7/c1-3-14-33-19-11-7-16(8-12-19)21-20(23(28)24(29)25(21)13-4-15-32-2)22(27)17-5-9-18(10-6-17)26(30)31/h5-12,21,27H,3-4,13-15H2,1-2H3/b22-20-. The Hall–Kier alpha value is -3.72. The zero-order chi connectivity index (χ0) is 24.0. The molecular formula is C24H26N2O7. The molecule has 1 atom stereocenters. The smallest absolute Gasteiger partial charge is 0.295 e. The summed E-state index contributed by atoms with van der Waals surface area (Å²) in [5.74, 6) is -1.24. The normalized spacial score (nSPS) is 17.4. The van der Waals surface area contributed by atoms with Crippen molar-refractivity contribution in [2.24, 2.45) is 0 Å². The lowest BCUT2D eigenvalue weighted by molar-refractivity contribution is -0.384. The second-order valence-corrected chi connectivity index (χ2v) is 7.56. The number of hydrogen-bond acceptors (Lipinski definition) is 7. The first-order valence-corrected chi connectivity index (χ1v) is 10.6. The third kappa shape index (κ3) is 5.20. The van der Waals surface area contributed by atoms with E-state index in [-0.39, 0.29) is 29.1 Å². The first-order valence-electron chi connectivity index (χ1n) is 10.6. The number of benzene rings is 2. The van der Waals surface area contributed by atoms with Gasteiger partial charge in [0.1, 0.15) is 11.5 Å². The highest BCUT2D eigenvalue weighted by molar-refractivity contribution is 6.46. The van der Waals surface area contributed by atoms with Gasteiger partial charge in [0.2, 0.25) is 0 Å². The quantitative estimate of drug-likeness (QED) is 0.145. The van der Waals surface area contributed by atoms with E-state index in [1.165, 1.54) is 29.2 Å². The predicted molar refractivity (Wildman–Crippen MR) is 121 cm³/mol. The van der Waals surface area contributed by atoms with Gasteiger partial charge in [-0.2, -0.15) is 0 Å². The van der Waals surface area contributed by atoms with Crippen LogP contribution in [-0.2, 0) is 14.3 Å². The Balaban J connectivity index is 2.05. The van der Waals surface area contributed by atoms with Crippen LogP contribution in [0.2, 0.25) is 0 Å². The molecule has 1 N–H and O–H groups in total. The summed E-state index contributed by atoms with van der Waals surface area (Å²) in [5, 5.41) is 21.9. The van der Waals surface area contributed by atoms with Crippen molar-refractivity contribution in [2.75, 3.05) is 26.9 Å². The lowest BCUT2D eigenvalue weighted by atomic mass is 9.95. The molecular weight excluding hydrogens is 428 g/mol. The number of nitro groups is 1. The highest BCUT2D eigenvalue weighted by atomic mass is 16.6. The first kappa shape index (κ1) is 23.9. The van der Waals surface area contributed by atoms with E-state index in [1.54, 1.807) is 31.4 Å². The summed E-state index contributed by atoms with van der Waals surface area (Å²) in [4.78, 5) is 37.6. The molecule has 2 aromatic carbocycles. The van der Waals surface area contributed by atoms with Crippen molar-refractivity contribution < 1.29 is 29.1 Å². The molecule has 0 radical (unpaired) electrons. The van der Waals surface area contributed by atoms with Crippen LogP contribution in [0.5, 0.6) is 5.75 Å². The van der Waals surface area contributed by atoms with Crippen LogP contribution in [-0.4, -0.2) is 53.5 Å². The molecule has 0 spiro atoms. The average Bonchev–Trinajstić information content (AvgIpc) is 3.08. The van der Waals surface area contributed by atoms with E-state index in [0.717, 1.165) is 6.42 Å². The lowest BCUT2D eigenvalue weighted by Gasteiger charge is -2.25. The highest BCUT2D eigenvalue weighted by Crippen LogP contribution is 2.40. The van der Waals surface area contributed by atoms with Gasteiger partial charge < -0.3 is 19.5 Å². The maximum Gasteiger partial charge on any atom is 0.295 e. The number of rotatable bonds is 10. The van der Waals surface area contributed by atoms with Crippen LogP contribution in [0.4, 0.5) is 5.69 Å². The van der Waals surface area contributed by atoms with Gasteiger partial charge in [0.15, 0.2) is 0 Å². The Morgan fingerprint density at radius 2 is 1.76 bits per heavy atom. The first-order chi connectivity index (χ1) is 15.9. The molecule has 0 aliphatic carbocycles. The monoisotopic (exact) mass is 454 g/mol. The Kier molecular flexibility index (Phi) is 7.78. The number of carbonyl (C=O) groups is 2. The lowest BCUT2D eigenvalue weighted by Crippen LogP contribution is -2.31. The molecule has 2 aromatic rings. The molecule has 1 unspecified atom stereocenters. The van der Waals surface area contributed by atoms with Crippen molar-refractivity contribution in [2.45, 2.75) is 25.8 Å². The van der Waals surface area contributed by atoms with Crippen molar-refractivity contribution in [3.63, 3.8) is 0 Å². The van der Waals surface area contributed by atoms with Gasteiger partial charge in [-0.1, -0.05) is 19.1 Å². The van der Waals surface area contributed by atoms with Crippen LogP contribution in [0, 0.1) is 10.1 Å². The fourth-order valence-electron chi connectivity index (χ4n) is 3.70. The number of ether oxygens (including phenoxy) is 2. The average molecular weight is 454 g/mol. The van der Waals surface area contributed by atoms with E-state index in [2.05, 4.69) is 0 Å². The molecule has 1 amide bonds. The molecule has 9 nitrogen and oxygen atoms in total. The third-order valence-electron chi connectivity index (χ3n) is 5.31. The van der Waals surface area contributed by atoms with Gasteiger partial charge in [-0.25, -0.2) is 0 Å². The van der Waals surface area contributed by atoms with E-state index in [0.29, 0.717) is 30.9 Å². The predicted octanol–water partition coefficient (Wildman–Crippen LogP) is 3.84. The highest BCUT2D eigenvalue weighted by Gasteiger charge is 2.45. The molecule has 1 aliphatic heterocycles. The van der Waals surface area contributed by atoms with Gasteiger partial charge in [0, 0.05) is 38.0 Å². The number of ketones is 1. The summed E-state index contributed by atoms with van der Waals surface area (Å²) < 4.78 is 10.7. The van der Waals surface area contributed by atoms with Crippen LogP contribution >= 0.6 is 0 Å². The summed E-state index contributed by atoms with van der Waals surface area (Å²) in [6.45, 7) is 3.23. The van der Waals surface area contributed by atoms with Gasteiger partial charge in [0.25, 0.3) is 17.4 Å². The Bertz CT molecular complexity index is 1050. The summed E-state index contributed by atoms with van der Waals surface area (Å²) in [6, 6.07) is 11.4. The number of hydrogen-bond donors (Lipinski definition) is 1. The van der Waals surface area contributed by atoms with Crippen molar-refractivity contribution in [1.29, 1.82) is 0 Å². The SMILES string of the molecule is CCCOc1ccc(C2/C(=C(/O)c3ccc([N+](=O)[O-])cc3)C(=O)C(=O)N2CCCOC)cc1. The summed E-state index contributed by atoms with van der Waals surface area (Å²) in [5.41, 5.74) is 0.640. The Morgan fingerprint density at radius 3 is 2.33 bits per heavy atom. The minimum atomic E-state index is -0.808. The fourth-order valence-corrected chi connectivity index (χ4v) is 3.70. The number of nitro benzene ring substituents is 1. The molecule has 33 heavy (non-hydrogen) atoms. The molecule has 1 heterocycles. The minimum absolute atomic E-state index is 0.0616. The number of methoxy groups -OCH3 is 1. The van der Waals surface area contributed by atoms with Crippen molar-refractivity contribution in [1.82, 2.24) is 4.90 Å². The number of aliphatic hydroxyl groups is 1. The van der Waals surface area contributed by atoms with Gasteiger partial charge >= 0.3 is 0 Å². The third-order valence-corrected chi connectivity index (χ3v) is 5.31. The van der Waals surface area contributed by atoms with E-state index in [1.807, 2.05) is 6.92 Å². The minimum Gasteiger partial charge on any atom is -0.507 e. The summed E-state index contributed by atoms with van der Waals surface area (Å²) >= 11 is 0. The van der Waals surface area contributed by atoms with Crippen LogP contribution in [0.3, 0.4) is 0 Å². The van der Waals surface area contributed by atoms with E-state index in [4.69, 9.17) is 9.47 Å². The van der Waals surface area contributed by atoms with Crippen molar-refractivity contribution >= 4 is 23.1 Å². The molecule has 1 saturated heterocycles. The number of carbonyl (C=O) groups excluding carboxylic acids is 2. The topological polar surface area (TPSA) is 119 Å². The van der Waals surface area contributed by atoms with Crippen LogP contribution in [0.1, 0.15) is 36.9 Å². The molecule has 9 heteroatoms. The number of amides is 1. The largest absolute Gasteiger partial charge is 0.507 e. The Morgan fingerprint density at radius 1 is 1.09 bits per heavy atom. The zero-order valence-electron chi connectivity index (χ0n) is 18.5. The van der Waals surface area contributed by atoms with Gasteiger partial charge in [-0.3, -0.25) is 19.7 Å². The molecule has 1 fully saturated rings. The molecule has 1 aliphatic rings. The van der Waals surface area contributed by atoms with E-state index >= 15 is 0 Å². The number of aliphatic hydroxyl groups excluding tert-OH is 1. The molecule has 3 rings (SSSR count).